The van der Waals surface area contributed by atoms with E-state index in [4.69, 9.17) is 0 Å². The van der Waals surface area contributed by atoms with Crippen LogP contribution in [0.15, 0.2) is 45.5 Å². The molecule has 0 spiro atoms. The molecule has 0 fully saturated rings. The van der Waals surface area contributed by atoms with Gasteiger partial charge in [0.05, 0.1) is 4.21 Å². The largest absolute Gasteiger partial charge is 0.206 e. The van der Waals surface area contributed by atoms with Gasteiger partial charge in [-0.25, -0.2) is 4.39 Å². The van der Waals surface area contributed by atoms with E-state index in [-0.39, 0.29) is 5.82 Å². The minimum Gasteiger partial charge on any atom is -0.206 e. The quantitative estimate of drug-likeness (QED) is 0.731. The summed E-state index contributed by atoms with van der Waals surface area (Å²) in [6, 6.07) is 10.9. The second kappa shape index (κ2) is 4.15. The van der Waals surface area contributed by atoms with Crippen molar-refractivity contribution in [3.05, 3.63) is 47.1 Å². The van der Waals surface area contributed by atoms with E-state index in [1.807, 2.05) is 18.2 Å². The molecule has 14 heavy (non-hydrogen) atoms. The first-order valence-corrected chi connectivity index (χ1v) is 5.88. The number of hydrogen-bond acceptors (Lipinski definition) is 2. The highest BCUT2D eigenvalue weighted by molar-refractivity contribution is 8.01. The molecule has 0 aliphatic rings. The van der Waals surface area contributed by atoms with E-state index >= 15 is 0 Å². The Morgan fingerprint density at radius 2 is 1.93 bits per heavy atom. The SMILES string of the molecule is Cc1ccc(Sc2ccccc2F)s1. The van der Waals surface area contributed by atoms with Crippen molar-refractivity contribution in [2.75, 3.05) is 0 Å². The number of halogens is 1. The second-order valence-corrected chi connectivity index (χ2v) is 5.53. The van der Waals surface area contributed by atoms with E-state index in [9.17, 15) is 4.39 Å². The van der Waals surface area contributed by atoms with Crippen LogP contribution in [0.25, 0.3) is 0 Å². The molecule has 0 bridgehead atoms. The summed E-state index contributed by atoms with van der Waals surface area (Å²) in [5.41, 5.74) is 0. The molecule has 0 unspecified atom stereocenters. The van der Waals surface area contributed by atoms with Gasteiger partial charge in [0.15, 0.2) is 0 Å². The second-order valence-electron chi connectivity index (χ2n) is 2.90. The molecule has 3 heteroatoms. The smallest absolute Gasteiger partial charge is 0.137 e. The summed E-state index contributed by atoms with van der Waals surface area (Å²) in [5, 5.41) is 0. The predicted molar refractivity (Wildman–Crippen MR) is 59.6 cm³/mol. The van der Waals surface area contributed by atoms with Crippen molar-refractivity contribution in [2.24, 2.45) is 0 Å². The van der Waals surface area contributed by atoms with Crippen molar-refractivity contribution >= 4 is 23.1 Å². The zero-order chi connectivity index (χ0) is 9.97. The van der Waals surface area contributed by atoms with Crippen molar-refractivity contribution in [2.45, 2.75) is 16.0 Å². The van der Waals surface area contributed by atoms with Gasteiger partial charge in [-0.2, -0.15) is 0 Å². The van der Waals surface area contributed by atoms with Gasteiger partial charge in [0.25, 0.3) is 0 Å². The third-order valence-electron chi connectivity index (χ3n) is 1.76. The molecule has 0 atom stereocenters. The summed E-state index contributed by atoms with van der Waals surface area (Å²) >= 11 is 3.17. The van der Waals surface area contributed by atoms with Gasteiger partial charge in [0.1, 0.15) is 5.82 Å². The Hall–Kier alpha value is -0.800. The first-order valence-electron chi connectivity index (χ1n) is 4.24. The summed E-state index contributed by atoms with van der Waals surface area (Å²) in [7, 11) is 0. The monoisotopic (exact) mass is 224 g/mol. The average Bonchev–Trinajstić information content (AvgIpc) is 2.56. The van der Waals surface area contributed by atoms with Crippen LogP contribution < -0.4 is 0 Å². The molecule has 0 radical (unpaired) electrons. The van der Waals surface area contributed by atoms with Crippen LogP contribution >= 0.6 is 23.1 Å². The maximum absolute atomic E-state index is 13.3. The molecule has 0 N–H and O–H groups in total. The van der Waals surface area contributed by atoms with Gasteiger partial charge in [-0.1, -0.05) is 23.9 Å². The fourth-order valence-corrected chi connectivity index (χ4v) is 3.19. The molecule has 1 heterocycles. The molecule has 1 aromatic carbocycles. The lowest BCUT2D eigenvalue weighted by atomic mass is 10.3. The van der Waals surface area contributed by atoms with Gasteiger partial charge in [-0.3, -0.25) is 0 Å². The van der Waals surface area contributed by atoms with Crippen LogP contribution in [0.3, 0.4) is 0 Å². The van der Waals surface area contributed by atoms with Gasteiger partial charge in [0, 0.05) is 9.77 Å². The summed E-state index contributed by atoms with van der Waals surface area (Å²) < 4.78 is 14.4. The minimum atomic E-state index is -0.149. The maximum Gasteiger partial charge on any atom is 0.137 e. The van der Waals surface area contributed by atoms with Crippen LogP contribution in [0.1, 0.15) is 4.88 Å². The van der Waals surface area contributed by atoms with Crippen molar-refractivity contribution in [1.29, 1.82) is 0 Å². The van der Waals surface area contributed by atoms with Gasteiger partial charge in [-0.05, 0) is 31.2 Å². The number of benzene rings is 1. The highest BCUT2D eigenvalue weighted by Gasteiger charge is 2.04. The Balaban J connectivity index is 2.23. The van der Waals surface area contributed by atoms with E-state index in [1.54, 1.807) is 23.5 Å². The Morgan fingerprint density at radius 1 is 1.14 bits per heavy atom. The molecule has 0 saturated carbocycles. The van der Waals surface area contributed by atoms with Crippen molar-refractivity contribution in [1.82, 2.24) is 0 Å². The van der Waals surface area contributed by atoms with Crippen LogP contribution in [0.4, 0.5) is 4.39 Å². The number of thiophene rings is 1. The molecule has 1 aromatic heterocycles. The first kappa shape index (κ1) is 9.74. The van der Waals surface area contributed by atoms with E-state index in [2.05, 4.69) is 6.92 Å². The molecule has 2 aromatic rings. The Labute approximate surface area is 90.8 Å². The van der Waals surface area contributed by atoms with Crippen LogP contribution in [-0.4, -0.2) is 0 Å². The van der Waals surface area contributed by atoms with Gasteiger partial charge in [0.2, 0.25) is 0 Å². The Morgan fingerprint density at radius 3 is 2.57 bits per heavy atom. The fraction of sp³-hybridized carbons (Fsp3) is 0.0909. The lowest BCUT2D eigenvalue weighted by molar-refractivity contribution is 0.602. The lowest BCUT2D eigenvalue weighted by Gasteiger charge is -1.98. The molecule has 0 amide bonds. The van der Waals surface area contributed by atoms with Gasteiger partial charge >= 0.3 is 0 Å². The zero-order valence-corrected chi connectivity index (χ0v) is 9.29. The molecule has 2 rings (SSSR count). The summed E-state index contributed by atoms with van der Waals surface area (Å²) in [6.07, 6.45) is 0. The van der Waals surface area contributed by atoms with Crippen molar-refractivity contribution in [3.63, 3.8) is 0 Å². The van der Waals surface area contributed by atoms with E-state index in [0.29, 0.717) is 4.90 Å². The van der Waals surface area contributed by atoms with E-state index in [1.165, 1.54) is 22.7 Å². The third-order valence-corrected chi connectivity index (χ3v) is 3.95. The Bertz CT molecular complexity index is 434. The van der Waals surface area contributed by atoms with Crippen LogP contribution in [0.5, 0.6) is 0 Å². The van der Waals surface area contributed by atoms with Crippen LogP contribution in [-0.2, 0) is 0 Å². The predicted octanol–water partition coefficient (Wildman–Crippen LogP) is 4.35. The minimum absolute atomic E-state index is 0.149. The van der Waals surface area contributed by atoms with Gasteiger partial charge in [-0.15, -0.1) is 11.3 Å². The standard InChI is InChI=1S/C11H9FS2/c1-8-6-7-11(13-8)14-10-5-3-2-4-9(10)12/h2-7H,1H3. The van der Waals surface area contributed by atoms with Crippen molar-refractivity contribution in [3.8, 4) is 0 Å². The molecule has 0 aliphatic heterocycles. The molecule has 0 aliphatic carbocycles. The normalized spacial score (nSPS) is 10.4. The topological polar surface area (TPSA) is 0 Å². The fourth-order valence-electron chi connectivity index (χ4n) is 1.10. The maximum atomic E-state index is 13.3. The molecule has 72 valence electrons. The van der Waals surface area contributed by atoms with Crippen LogP contribution in [0.2, 0.25) is 0 Å². The molecular weight excluding hydrogens is 215 g/mol. The van der Waals surface area contributed by atoms with E-state index in [0.717, 1.165) is 4.21 Å². The summed E-state index contributed by atoms with van der Waals surface area (Å²) in [6.45, 7) is 2.05. The van der Waals surface area contributed by atoms with Crippen molar-refractivity contribution < 1.29 is 4.39 Å². The zero-order valence-electron chi connectivity index (χ0n) is 7.66. The average molecular weight is 224 g/mol. The molecular formula is C11H9FS2. The van der Waals surface area contributed by atoms with Crippen LogP contribution in [0, 0.1) is 12.7 Å². The first-order chi connectivity index (χ1) is 6.75. The Kier molecular flexibility index (Phi) is 2.89. The summed E-state index contributed by atoms with van der Waals surface area (Å²) in [5.74, 6) is -0.149. The highest BCUT2D eigenvalue weighted by Crippen LogP contribution is 2.34. The molecule has 0 saturated heterocycles. The summed E-state index contributed by atoms with van der Waals surface area (Å²) in [4.78, 5) is 1.94. The third kappa shape index (κ3) is 2.16. The lowest BCUT2D eigenvalue weighted by Crippen LogP contribution is -1.76. The number of rotatable bonds is 2. The number of hydrogen-bond donors (Lipinski definition) is 0. The molecule has 0 nitrogen and oxygen atoms in total. The number of aryl methyl sites for hydroxylation is 1. The highest BCUT2D eigenvalue weighted by atomic mass is 32.2. The van der Waals surface area contributed by atoms with E-state index < -0.39 is 0 Å². The van der Waals surface area contributed by atoms with Gasteiger partial charge < -0.3 is 0 Å².